The van der Waals surface area contributed by atoms with Crippen LogP contribution < -0.4 is 5.32 Å². The van der Waals surface area contributed by atoms with Crippen molar-refractivity contribution in [1.82, 2.24) is 9.78 Å². The highest BCUT2D eigenvalue weighted by Crippen LogP contribution is 2.32. The number of hydrogen-bond donors (Lipinski definition) is 2. The van der Waals surface area contributed by atoms with Crippen LogP contribution in [-0.4, -0.2) is 21.9 Å². The molecule has 0 saturated heterocycles. The van der Waals surface area contributed by atoms with Crippen molar-refractivity contribution >= 4 is 21.6 Å². The normalized spacial score (nSPS) is 10.4. The summed E-state index contributed by atoms with van der Waals surface area (Å²) < 4.78 is 2.67. The van der Waals surface area contributed by atoms with Gasteiger partial charge in [-0.25, -0.2) is 0 Å². The number of anilines is 1. The fraction of sp³-hybridized carbons (Fsp3) is 0.182. The number of halogens is 1. The molecule has 16 heavy (non-hydrogen) atoms. The summed E-state index contributed by atoms with van der Waals surface area (Å²) in [4.78, 5) is 0. The summed E-state index contributed by atoms with van der Waals surface area (Å²) in [5.74, 6) is 0.231. The first-order chi connectivity index (χ1) is 7.61. The lowest BCUT2D eigenvalue weighted by Crippen LogP contribution is -1.95. The molecule has 0 saturated carbocycles. The molecule has 84 valence electrons. The maximum absolute atomic E-state index is 9.62. The predicted molar refractivity (Wildman–Crippen MR) is 67.6 cm³/mol. The van der Waals surface area contributed by atoms with Gasteiger partial charge in [-0.05, 0) is 28.1 Å². The van der Waals surface area contributed by atoms with Gasteiger partial charge in [0.1, 0.15) is 5.75 Å². The number of phenols is 1. The van der Waals surface area contributed by atoms with Crippen LogP contribution in [0.25, 0.3) is 11.3 Å². The summed E-state index contributed by atoms with van der Waals surface area (Å²) in [5.41, 5.74) is 2.71. The van der Waals surface area contributed by atoms with Crippen molar-refractivity contribution in [2.24, 2.45) is 7.05 Å². The van der Waals surface area contributed by atoms with Crippen LogP contribution in [0.3, 0.4) is 0 Å². The summed E-state index contributed by atoms with van der Waals surface area (Å²) in [7, 11) is 3.68. The molecule has 0 aliphatic carbocycles. The molecular formula is C11H12BrN3O. The number of nitrogens with one attached hydrogen (secondary N) is 1. The molecule has 2 N–H and O–H groups in total. The van der Waals surface area contributed by atoms with E-state index >= 15 is 0 Å². The zero-order valence-electron chi connectivity index (χ0n) is 9.03. The monoisotopic (exact) mass is 281 g/mol. The molecule has 1 aromatic heterocycles. The van der Waals surface area contributed by atoms with Crippen LogP contribution in [0.15, 0.2) is 28.9 Å². The highest BCUT2D eigenvalue weighted by atomic mass is 79.9. The number of aromatic nitrogens is 2. The molecule has 4 nitrogen and oxygen atoms in total. The Morgan fingerprint density at radius 3 is 2.69 bits per heavy atom. The predicted octanol–water partition coefficient (Wildman–Crippen LogP) is 2.60. The van der Waals surface area contributed by atoms with E-state index in [1.165, 1.54) is 0 Å². The first-order valence-corrected chi connectivity index (χ1v) is 5.61. The first-order valence-electron chi connectivity index (χ1n) is 4.81. The number of hydrogen-bond acceptors (Lipinski definition) is 3. The Hall–Kier alpha value is -1.49. The minimum absolute atomic E-state index is 0.231. The van der Waals surface area contributed by atoms with Crippen LogP contribution >= 0.6 is 15.9 Å². The smallest absolute Gasteiger partial charge is 0.118 e. The van der Waals surface area contributed by atoms with Crippen LogP contribution in [0.4, 0.5) is 5.69 Å². The van der Waals surface area contributed by atoms with Gasteiger partial charge in [-0.2, -0.15) is 5.10 Å². The Kier molecular flexibility index (Phi) is 2.87. The van der Waals surface area contributed by atoms with Crippen molar-refractivity contribution in [3.8, 4) is 17.0 Å². The first kappa shape index (κ1) is 11.0. The lowest BCUT2D eigenvalue weighted by Gasteiger charge is -2.07. The van der Waals surface area contributed by atoms with Gasteiger partial charge in [0.05, 0.1) is 16.4 Å². The molecule has 2 rings (SSSR count). The Balaban J connectivity index is 2.60. The summed E-state index contributed by atoms with van der Waals surface area (Å²) >= 11 is 3.44. The largest absolute Gasteiger partial charge is 0.508 e. The third-order valence-electron chi connectivity index (χ3n) is 2.37. The third kappa shape index (κ3) is 1.90. The number of nitrogens with zero attached hydrogens (tertiary/aromatic N) is 2. The van der Waals surface area contributed by atoms with Crippen molar-refractivity contribution in [3.05, 3.63) is 28.9 Å². The van der Waals surface area contributed by atoms with Gasteiger partial charge in [0.2, 0.25) is 0 Å². The van der Waals surface area contributed by atoms with Crippen LogP contribution in [-0.2, 0) is 7.05 Å². The number of aryl methyl sites for hydroxylation is 1. The van der Waals surface area contributed by atoms with Gasteiger partial charge in [-0.15, -0.1) is 0 Å². The maximum atomic E-state index is 9.62. The number of rotatable bonds is 2. The maximum Gasteiger partial charge on any atom is 0.118 e. The average Bonchev–Trinajstić information content (AvgIpc) is 2.57. The van der Waals surface area contributed by atoms with Gasteiger partial charge in [0.25, 0.3) is 0 Å². The Morgan fingerprint density at radius 1 is 1.38 bits per heavy atom. The van der Waals surface area contributed by atoms with Crippen LogP contribution in [0.2, 0.25) is 0 Å². The lowest BCUT2D eigenvalue weighted by molar-refractivity contribution is 0.476. The SMILES string of the molecule is CNc1cc(O)cc(-c2c(Br)cnn2C)c1. The van der Waals surface area contributed by atoms with E-state index in [9.17, 15) is 5.11 Å². The molecule has 1 aromatic carbocycles. The fourth-order valence-corrected chi connectivity index (χ4v) is 2.20. The quantitative estimate of drug-likeness (QED) is 0.890. The number of aromatic hydroxyl groups is 1. The van der Waals surface area contributed by atoms with Gasteiger partial charge in [0, 0.05) is 31.4 Å². The molecule has 0 atom stereocenters. The summed E-state index contributed by atoms with van der Waals surface area (Å²) in [6, 6.07) is 5.35. The molecule has 0 radical (unpaired) electrons. The summed E-state index contributed by atoms with van der Waals surface area (Å²) in [5, 5.41) is 16.8. The summed E-state index contributed by atoms with van der Waals surface area (Å²) in [6.07, 6.45) is 1.73. The minimum atomic E-state index is 0.231. The van der Waals surface area contributed by atoms with Crippen molar-refractivity contribution in [3.63, 3.8) is 0 Å². The Morgan fingerprint density at radius 2 is 2.12 bits per heavy atom. The molecule has 0 bridgehead atoms. The van der Waals surface area contributed by atoms with E-state index in [0.29, 0.717) is 0 Å². The zero-order valence-corrected chi connectivity index (χ0v) is 10.6. The highest BCUT2D eigenvalue weighted by Gasteiger charge is 2.10. The van der Waals surface area contributed by atoms with Gasteiger partial charge in [-0.1, -0.05) is 0 Å². The molecule has 0 unspecified atom stereocenters. The number of phenolic OH excluding ortho intramolecular Hbond substituents is 1. The zero-order chi connectivity index (χ0) is 11.7. The second-order valence-corrected chi connectivity index (χ2v) is 4.34. The minimum Gasteiger partial charge on any atom is -0.508 e. The Labute approximate surface area is 102 Å². The van der Waals surface area contributed by atoms with Gasteiger partial charge < -0.3 is 10.4 Å². The second-order valence-electron chi connectivity index (χ2n) is 3.48. The van der Waals surface area contributed by atoms with Crippen LogP contribution in [0.1, 0.15) is 0 Å². The molecular weight excluding hydrogens is 270 g/mol. The molecule has 2 aromatic rings. The van der Waals surface area contributed by atoms with Gasteiger partial charge >= 0.3 is 0 Å². The van der Waals surface area contributed by atoms with E-state index in [2.05, 4.69) is 26.3 Å². The van der Waals surface area contributed by atoms with Crippen molar-refractivity contribution in [2.75, 3.05) is 12.4 Å². The lowest BCUT2D eigenvalue weighted by atomic mass is 10.1. The van der Waals surface area contributed by atoms with E-state index in [1.807, 2.05) is 20.2 Å². The topological polar surface area (TPSA) is 50.1 Å². The van der Waals surface area contributed by atoms with E-state index in [0.717, 1.165) is 21.4 Å². The molecule has 0 fully saturated rings. The van der Waals surface area contributed by atoms with E-state index in [4.69, 9.17) is 0 Å². The van der Waals surface area contributed by atoms with E-state index in [1.54, 1.807) is 23.0 Å². The van der Waals surface area contributed by atoms with Gasteiger partial charge in [0.15, 0.2) is 0 Å². The molecule has 1 heterocycles. The van der Waals surface area contributed by atoms with Gasteiger partial charge in [-0.3, -0.25) is 4.68 Å². The third-order valence-corrected chi connectivity index (χ3v) is 2.95. The summed E-state index contributed by atoms with van der Waals surface area (Å²) in [6.45, 7) is 0. The standard InChI is InChI=1S/C11H12BrN3O/c1-13-8-3-7(4-9(16)5-8)11-10(12)6-14-15(11)2/h3-6,13,16H,1-2H3. The Bertz CT molecular complexity index is 502. The van der Waals surface area contributed by atoms with Crippen molar-refractivity contribution in [2.45, 2.75) is 0 Å². The highest BCUT2D eigenvalue weighted by molar-refractivity contribution is 9.10. The van der Waals surface area contributed by atoms with Crippen molar-refractivity contribution < 1.29 is 5.11 Å². The van der Waals surface area contributed by atoms with Crippen molar-refractivity contribution in [1.29, 1.82) is 0 Å². The molecule has 0 amide bonds. The molecule has 0 aliphatic rings. The van der Waals surface area contributed by atoms with E-state index < -0.39 is 0 Å². The molecule has 0 spiro atoms. The van der Waals surface area contributed by atoms with Crippen LogP contribution in [0.5, 0.6) is 5.75 Å². The second kappa shape index (κ2) is 4.17. The molecule has 0 aliphatic heterocycles. The average molecular weight is 282 g/mol. The fourth-order valence-electron chi connectivity index (χ4n) is 1.63. The van der Waals surface area contributed by atoms with Crippen LogP contribution in [0, 0.1) is 0 Å². The van der Waals surface area contributed by atoms with E-state index in [-0.39, 0.29) is 5.75 Å². The number of benzene rings is 1. The molecule has 5 heteroatoms.